The molecule has 19 heavy (non-hydrogen) atoms. The minimum atomic E-state index is 0.0830. The van der Waals surface area contributed by atoms with Gasteiger partial charge in [-0.3, -0.25) is 4.79 Å². The van der Waals surface area contributed by atoms with Crippen molar-refractivity contribution in [2.45, 2.75) is 57.3 Å². The molecule has 1 aliphatic heterocycles. The predicted molar refractivity (Wildman–Crippen MR) is 71.8 cm³/mol. The van der Waals surface area contributed by atoms with E-state index in [1.54, 1.807) is 0 Å². The lowest BCUT2D eigenvalue weighted by molar-refractivity contribution is -0.147. The van der Waals surface area contributed by atoms with Gasteiger partial charge in [-0.15, -0.1) is 0 Å². The van der Waals surface area contributed by atoms with E-state index in [1.807, 2.05) is 11.8 Å². The second kappa shape index (κ2) is 5.63. The van der Waals surface area contributed by atoms with Crippen LogP contribution in [-0.4, -0.2) is 48.8 Å². The molecule has 3 rings (SSSR count). The van der Waals surface area contributed by atoms with E-state index in [0.717, 1.165) is 50.8 Å². The maximum absolute atomic E-state index is 12.6. The molecule has 0 aromatic carbocycles. The summed E-state index contributed by atoms with van der Waals surface area (Å²) < 4.78 is 11.6. The van der Waals surface area contributed by atoms with E-state index in [0.29, 0.717) is 6.61 Å². The van der Waals surface area contributed by atoms with Crippen LogP contribution in [0.25, 0.3) is 0 Å². The van der Waals surface area contributed by atoms with Crippen molar-refractivity contribution < 1.29 is 14.3 Å². The second-order valence-electron chi connectivity index (χ2n) is 5.59. The van der Waals surface area contributed by atoms with Crippen LogP contribution in [0.15, 0.2) is 11.6 Å². The molecule has 0 spiro atoms. The van der Waals surface area contributed by atoms with Crippen molar-refractivity contribution in [3.8, 4) is 0 Å². The molecular formula is C15H23NO3. The number of nitrogens with zero attached hydrogens (tertiary/aromatic N) is 1. The molecule has 4 heteroatoms. The molecule has 0 unspecified atom stereocenters. The van der Waals surface area contributed by atoms with E-state index in [9.17, 15) is 4.79 Å². The quantitative estimate of drug-likeness (QED) is 0.782. The molecular weight excluding hydrogens is 242 g/mol. The van der Waals surface area contributed by atoms with Gasteiger partial charge < -0.3 is 14.4 Å². The average molecular weight is 265 g/mol. The van der Waals surface area contributed by atoms with Gasteiger partial charge in [-0.25, -0.2) is 0 Å². The lowest BCUT2D eigenvalue weighted by Gasteiger charge is -2.39. The molecule has 2 aliphatic carbocycles. The molecule has 0 bridgehead atoms. The maximum Gasteiger partial charge on any atom is 0.249 e. The van der Waals surface area contributed by atoms with E-state index in [4.69, 9.17) is 9.47 Å². The number of allylic oxidation sites excluding steroid dienone is 1. The van der Waals surface area contributed by atoms with Crippen molar-refractivity contribution in [2.24, 2.45) is 0 Å². The van der Waals surface area contributed by atoms with Gasteiger partial charge in [0.1, 0.15) is 6.10 Å². The summed E-state index contributed by atoms with van der Waals surface area (Å²) in [6, 6.07) is 0.222. The SMILES string of the molecule is CCO[C@@H]1CC[C@@H]2[C@H]1OCCN2C(=O)C1=CCCC1. The van der Waals surface area contributed by atoms with Gasteiger partial charge >= 0.3 is 0 Å². The van der Waals surface area contributed by atoms with Crippen LogP contribution >= 0.6 is 0 Å². The van der Waals surface area contributed by atoms with Gasteiger partial charge in [-0.1, -0.05) is 6.08 Å². The van der Waals surface area contributed by atoms with Crippen molar-refractivity contribution in [2.75, 3.05) is 19.8 Å². The minimum absolute atomic E-state index is 0.0830. The zero-order chi connectivity index (χ0) is 13.2. The van der Waals surface area contributed by atoms with E-state index >= 15 is 0 Å². The summed E-state index contributed by atoms with van der Waals surface area (Å²) in [7, 11) is 0. The number of amides is 1. The zero-order valence-corrected chi connectivity index (χ0v) is 11.6. The average Bonchev–Trinajstić information content (AvgIpc) is 3.08. The lowest BCUT2D eigenvalue weighted by atomic mass is 10.1. The third-order valence-electron chi connectivity index (χ3n) is 4.49. The first kappa shape index (κ1) is 13.1. The van der Waals surface area contributed by atoms with Crippen LogP contribution in [0, 0.1) is 0 Å². The van der Waals surface area contributed by atoms with Gasteiger partial charge in [0.05, 0.1) is 18.8 Å². The highest BCUT2D eigenvalue weighted by molar-refractivity contribution is 5.94. The Bertz CT molecular complexity index is 380. The van der Waals surface area contributed by atoms with Gasteiger partial charge in [0.2, 0.25) is 5.91 Å². The Morgan fingerprint density at radius 1 is 1.53 bits per heavy atom. The highest BCUT2D eigenvalue weighted by atomic mass is 16.5. The molecule has 1 saturated carbocycles. The zero-order valence-electron chi connectivity index (χ0n) is 11.6. The van der Waals surface area contributed by atoms with E-state index in [-0.39, 0.29) is 24.2 Å². The van der Waals surface area contributed by atoms with E-state index < -0.39 is 0 Å². The summed E-state index contributed by atoms with van der Waals surface area (Å²) in [6.07, 6.45) is 7.51. The van der Waals surface area contributed by atoms with Crippen molar-refractivity contribution in [3.63, 3.8) is 0 Å². The Kier molecular flexibility index (Phi) is 3.89. The van der Waals surface area contributed by atoms with Crippen LogP contribution in [0.3, 0.4) is 0 Å². The van der Waals surface area contributed by atoms with Gasteiger partial charge in [0.15, 0.2) is 0 Å². The van der Waals surface area contributed by atoms with Crippen LogP contribution in [0.4, 0.5) is 0 Å². The molecule has 3 aliphatic rings. The highest BCUT2D eigenvalue weighted by Gasteiger charge is 2.45. The summed E-state index contributed by atoms with van der Waals surface area (Å²) in [5.41, 5.74) is 1.01. The summed E-state index contributed by atoms with van der Waals surface area (Å²) >= 11 is 0. The fourth-order valence-corrected chi connectivity index (χ4v) is 3.61. The molecule has 0 N–H and O–H groups in total. The van der Waals surface area contributed by atoms with Crippen LogP contribution in [-0.2, 0) is 14.3 Å². The van der Waals surface area contributed by atoms with E-state index in [2.05, 4.69) is 6.08 Å². The number of rotatable bonds is 3. The van der Waals surface area contributed by atoms with Gasteiger partial charge in [0.25, 0.3) is 0 Å². The first-order valence-electron chi connectivity index (χ1n) is 7.54. The normalized spacial score (nSPS) is 34.3. The fourth-order valence-electron chi connectivity index (χ4n) is 3.61. The third-order valence-corrected chi connectivity index (χ3v) is 4.49. The molecule has 0 radical (unpaired) electrons. The first-order chi connectivity index (χ1) is 9.31. The lowest BCUT2D eigenvalue weighted by Crippen LogP contribution is -2.54. The van der Waals surface area contributed by atoms with Gasteiger partial charge in [0, 0.05) is 18.7 Å². The number of ether oxygens (including phenoxy) is 2. The number of carbonyl (C=O) groups excluding carboxylic acids is 1. The third kappa shape index (κ3) is 2.43. The minimum Gasteiger partial charge on any atom is -0.376 e. The molecule has 1 amide bonds. The molecule has 1 heterocycles. The summed E-state index contributed by atoms with van der Waals surface area (Å²) in [5, 5.41) is 0. The number of carbonyl (C=O) groups is 1. The maximum atomic E-state index is 12.6. The number of hydrogen-bond donors (Lipinski definition) is 0. The van der Waals surface area contributed by atoms with Crippen molar-refractivity contribution in [1.29, 1.82) is 0 Å². The highest BCUT2D eigenvalue weighted by Crippen LogP contribution is 2.33. The Morgan fingerprint density at radius 3 is 3.16 bits per heavy atom. The Balaban J connectivity index is 1.71. The number of hydrogen-bond acceptors (Lipinski definition) is 3. The molecule has 106 valence electrons. The Morgan fingerprint density at radius 2 is 2.42 bits per heavy atom. The van der Waals surface area contributed by atoms with Gasteiger partial charge in [-0.05, 0) is 39.0 Å². The van der Waals surface area contributed by atoms with Crippen LogP contribution in [0.1, 0.15) is 39.0 Å². The molecule has 3 atom stereocenters. The van der Waals surface area contributed by atoms with Crippen molar-refractivity contribution in [1.82, 2.24) is 4.90 Å². The summed E-state index contributed by atoms with van der Waals surface area (Å²) in [6.45, 7) is 4.11. The summed E-state index contributed by atoms with van der Waals surface area (Å²) in [5.74, 6) is 0.243. The van der Waals surface area contributed by atoms with Crippen LogP contribution in [0.5, 0.6) is 0 Å². The first-order valence-corrected chi connectivity index (χ1v) is 7.54. The fraction of sp³-hybridized carbons (Fsp3) is 0.800. The Hall–Kier alpha value is -0.870. The molecule has 2 fully saturated rings. The van der Waals surface area contributed by atoms with Crippen molar-refractivity contribution >= 4 is 5.91 Å². The molecule has 0 aromatic heterocycles. The molecule has 0 aromatic rings. The van der Waals surface area contributed by atoms with Crippen molar-refractivity contribution in [3.05, 3.63) is 11.6 Å². The smallest absolute Gasteiger partial charge is 0.249 e. The monoisotopic (exact) mass is 265 g/mol. The largest absolute Gasteiger partial charge is 0.376 e. The Labute approximate surface area is 114 Å². The predicted octanol–water partition coefficient (Wildman–Crippen LogP) is 1.89. The molecule has 1 saturated heterocycles. The van der Waals surface area contributed by atoms with Crippen LogP contribution < -0.4 is 0 Å². The number of morpholine rings is 1. The topological polar surface area (TPSA) is 38.8 Å². The summed E-state index contributed by atoms with van der Waals surface area (Å²) in [4.78, 5) is 14.6. The second-order valence-corrected chi connectivity index (χ2v) is 5.59. The van der Waals surface area contributed by atoms with E-state index in [1.165, 1.54) is 0 Å². The van der Waals surface area contributed by atoms with Crippen LogP contribution in [0.2, 0.25) is 0 Å². The number of fused-ring (bicyclic) bond motifs is 1. The standard InChI is InChI=1S/C15H23NO3/c1-2-18-13-8-7-12-14(13)19-10-9-16(12)15(17)11-5-3-4-6-11/h5,12-14H,2-4,6-10H2,1H3/t12-,13-,14-/m1/s1. The van der Waals surface area contributed by atoms with Gasteiger partial charge in [-0.2, -0.15) is 0 Å². The molecule has 4 nitrogen and oxygen atoms in total.